The molecular formula is C19H23N3O2. The molecule has 2 aromatic carbocycles. The van der Waals surface area contributed by atoms with Crippen LogP contribution in [0.3, 0.4) is 0 Å². The van der Waals surface area contributed by atoms with Gasteiger partial charge in [-0.2, -0.15) is 0 Å². The molecule has 2 aromatic rings. The SMILES string of the molecule is Cc1ccc(CC(=O)Nc2ccc(NC(=O)NC(C)C)cc2)cc1. The Balaban J connectivity index is 1.87. The van der Waals surface area contributed by atoms with E-state index in [1.807, 2.05) is 45.0 Å². The first-order valence-electron chi connectivity index (χ1n) is 7.95. The van der Waals surface area contributed by atoms with Gasteiger partial charge in [0.15, 0.2) is 0 Å². The fraction of sp³-hybridized carbons (Fsp3) is 0.263. The molecule has 3 amide bonds. The van der Waals surface area contributed by atoms with Crippen LogP contribution in [0.5, 0.6) is 0 Å². The van der Waals surface area contributed by atoms with Crippen molar-refractivity contribution in [3.63, 3.8) is 0 Å². The second kappa shape index (κ2) is 8.15. The summed E-state index contributed by atoms with van der Waals surface area (Å²) >= 11 is 0. The van der Waals surface area contributed by atoms with E-state index in [1.165, 1.54) is 5.56 Å². The molecule has 0 atom stereocenters. The standard InChI is InChI=1S/C19H23N3O2/c1-13(2)20-19(24)22-17-10-8-16(9-11-17)21-18(23)12-15-6-4-14(3)5-7-15/h4-11,13H,12H2,1-3H3,(H,21,23)(H2,20,22,24). The Hall–Kier alpha value is -2.82. The summed E-state index contributed by atoms with van der Waals surface area (Å²) in [4.78, 5) is 23.7. The summed E-state index contributed by atoms with van der Waals surface area (Å²) in [5.41, 5.74) is 3.51. The van der Waals surface area contributed by atoms with Crippen LogP contribution < -0.4 is 16.0 Å². The van der Waals surface area contributed by atoms with Crippen molar-refractivity contribution in [2.45, 2.75) is 33.2 Å². The number of amides is 3. The molecule has 0 aliphatic rings. The normalized spacial score (nSPS) is 10.3. The lowest BCUT2D eigenvalue weighted by molar-refractivity contribution is -0.115. The zero-order chi connectivity index (χ0) is 17.5. The second-order valence-corrected chi connectivity index (χ2v) is 6.04. The van der Waals surface area contributed by atoms with E-state index in [-0.39, 0.29) is 18.0 Å². The zero-order valence-electron chi connectivity index (χ0n) is 14.2. The molecule has 0 unspecified atom stereocenters. The molecule has 0 aromatic heterocycles. The van der Waals surface area contributed by atoms with Crippen LogP contribution in [-0.4, -0.2) is 18.0 Å². The molecule has 0 saturated carbocycles. The Bertz CT molecular complexity index is 692. The van der Waals surface area contributed by atoms with Gasteiger partial charge in [0.2, 0.25) is 5.91 Å². The van der Waals surface area contributed by atoms with E-state index in [1.54, 1.807) is 24.3 Å². The van der Waals surface area contributed by atoms with E-state index in [0.29, 0.717) is 17.8 Å². The molecule has 5 heteroatoms. The minimum Gasteiger partial charge on any atom is -0.336 e. The largest absolute Gasteiger partial charge is 0.336 e. The highest BCUT2D eigenvalue weighted by Crippen LogP contribution is 2.14. The first-order chi connectivity index (χ1) is 11.4. The van der Waals surface area contributed by atoms with Crippen LogP contribution in [0.15, 0.2) is 48.5 Å². The van der Waals surface area contributed by atoms with Gasteiger partial charge in [-0.05, 0) is 50.6 Å². The predicted molar refractivity (Wildman–Crippen MR) is 97.2 cm³/mol. The van der Waals surface area contributed by atoms with Gasteiger partial charge >= 0.3 is 6.03 Å². The molecule has 0 heterocycles. The number of rotatable bonds is 5. The molecule has 0 bridgehead atoms. The van der Waals surface area contributed by atoms with Crippen molar-refractivity contribution in [1.29, 1.82) is 0 Å². The third kappa shape index (κ3) is 5.76. The number of aryl methyl sites for hydroxylation is 1. The van der Waals surface area contributed by atoms with Crippen LogP contribution in [0.4, 0.5) is 16.2 Å². The summed E-state index contributed by atoms with van der Waals surface area (Å²) in [6, 6.07) is 14.7. The first kappa shape index (κ1) is 17.5. The Labute approximate surface area is 142 Å². The lowest BCUT2D eigenvalue weighted by Gasteiger charge is -2.11. The number of nitrogens with one attached hydrogen (secondary N) is 3. The average molecular weight is 325 g/mol. The first-order valence-corrected chi connectivity index (χ1v) is 7.95. The number of hydrogen-bond acceptors (Lipinski definition) is 2. The topological polar surface area (TPSA) is 70.2 Å². The minimum absolute atomic E-state index is 0.0721. The van der Waals surface area contributed by atoms with E-state index < -0.39 is 0 Å². The maximum Gasteiger partial charge on any atom is 0.319 e. The highest BCUT2D eigenvalue weighted by Gasteiger charge is 2.06. The van der Waals surface area contributed by atoms with Gasteiger partial charge < -0.3 is 16.0 Å². The molecule has 0 spiro atoms. The summed E-state index contributed by atoms with van der Waals surface area (Å²) in [6.07, 6.45) is 0.330. The summed E-state index contributed by atoms with van der Waals surface area (Å²) in [6.45, 7) is 5.80. The third-order valence-corrected chi connectivity index (χ3v) is 3.33. The Morgan fingerprint density at radius 3 is 1.96 bits per heavy atom. The lowest BCUT2D eigenvalue weighted by Crippen LogP contribution is -2.34. The Kier molecular flexibility index (Phi) is 5.95. The van der Waals surface area contributed by atoms with Gasteiger partial charge in [0.05, 0.1) is 6.42 Å². The van der Waals surface area contributed by atoms with Crippen LogP contribution >= 0.6 is 0 Å². The molecular weight excluding hydrogens is 302 g/mol. The molecule has 0 aliphatic heterocycles. The maximum absolute atomic E-state index is 12.1. The van der Waals surface area contributed by atoms with Crippen LogP contribution in [0.1, 0.15) is 25.0 Å². The van der Waals surface area contributed by atoms with Crippen LogP contribution in [-0.2, 0) is 11.2 Å². The van der Waals surface area contributed by atoms with Gasteiger partial charge in [-0.15, -0.1) is 0 Å². The molecule has 3 N–H and O–H groups in total. The lowest BCUT2D eigenvalue weighted by atomic mass is 10.1. The molecule has 0 fully saturated rings. The monoisotopic (exact) mass is 325 g/mol. The number of carbonyl (C=O) groups is 2. The number of benzene rings is 2. The molecule has 126 valence electrons. The van der Waals surface area contributed by atoms with Crippen molar-refractivity contribution in [2.24, 2.45) is 0 Å². The highest BCUT2D eigenvalue weighted by atomic mass is 16.2. The number of hydrogen-bond donors (Lipinski definition) is 3. The van der Waals surface area contributed by atoms with Crippen molar-refractivity contribution >= 4 is 23.3 Å². The third-order valence-electron chi connectivity index (χ3n) is 3.33. The quantitative estimate of drug-likeness (QED) is 0.784. The van der Waals surface area contributed by atoms with Crippen molar-refractivity contribution in [1.82, 2.24) is 5.32 Å². The van der Waals surface area contributed by atoms with Crippen LogP contribution in [0, 0.1) is 6.92 Å². The molecule has 24 heavy (non-hydrogen) atoms. The van der Waals surface area contributed by atoms with Crippen molar-refractivity contribution in [2.75, 3.05) is 10.6 Å². The average Bonchev–Trinajstić information content (AvgIpc) is 2.51. The molecule has 5 nitrogen and oxygen atoms in total. The Morgan fingerprint density at radius 2 is 1.42 bits per heavy atom. The summed E-state index contributed by atoms with van der Waals surface area (Å²) in [5.74, 6) is -0.0721. The van der Waals surface area contributed by atoms with Crippen LogP contribution in [0.2, 0.25) is 0 Å². The van der Waals surface area contributed by atoms with E-state index >= 15 is 0 Å². The van der Waals surface area contributed by atoms with Crippen molar-refractivity contribution in [3.8, 4) is 0 Å². The predicted octanol–water partition coefficient (Wildman–Crippen LogP) is 3.71. The summed E-state index contributed by atoms with van der Waals surface area (Å²) < 4.78 is 0. The van der Waals surface area contributed by atoms with Crippen molar-refractivity contribution < 1.29 is 9.59 Å². The fourth-order valence-electron chi connectivity index (χ4n) is 2.16. The zero-order valence-corrected chi connectivity index (χ0v) is 14.2. The summed E-state index contributed by atoms with van der Waals surface area (Å²) in [7, 11) is 0. The summed E-state index contributed by atoms with van der Waals surface area (Å²) in [5, 5.41) is 8.34. The molecule has 0 saturated heterocycles. The molecule has 0 aliphatic carbocycles. The molecule has 2 rings (SSSR count). The minimum atomic E-state index is -0.249. The van der Waals surface area contributed by atoms with Gasteiger partial charge in [0.1, 0.15) is 0 Å². The maximum atomic E-state index is 12.1. The van der Waals surface area contributed by atoms with Crippen molar-refractivity contribution in [3.05, 3.63) is 59.7 Å². The highest BCUT2D eigenvalue weighted by molar-refractivity contribution is 5.93. The number of urea groups is 1. The number of anilines is 2. The van der Waals surface area contributed by atoms with Gasteiger partial charge in [-0.1, -0.05) is 29.8 Å². The smallest absolute Gasteiger partial charge is 0.319 e. The van der Waals surface area contributed by atoms with Gasteiger partial charge in [0.25, 0.3) is 0 Å². The Morgan fingerprint density at radius 1 is 0.875 bits per heavy atom. The van der Waals surface area contributed by atoms with E-state index in [4.69, 9.17) is 0 Å². The molecule has 0 radical (unpaired) electrons. The second-order valence-electron chi connectivity index (χ2n) is 6.04. The fourth-order valence-corrected chi connectivity index (χ4v) is 2.16. The van der Waals surface area contributed by atoms with Crippen LogP contribution in [0.25, 0.3) is 0 Å². The van der Waals surface area contributed by atoms with E-state index in [0.717, 1.165) is 5.56 Å². The van der Waals surface area contributed by atoms with Gasteiger partial charge in [-0.25, -0.2) is 4.79 Å². The van der Waals surface area contributed by atoms with E-state index in [2.05, 4.69) is 16.0 Å². The van der Waals surface area contributed by atoms with Gasteiger partial charge in [-0.3, -0.25) is 4.79 Å². The van der Waals surface area contributed by atoms with Gasteiger partial charge in [0, 0.05) is 17.4 Å². The van der Waals surface area contributed by atoms with E-state index in [9.17, 15) is 9.59 Å². The number of carbonyl (C=O) groups excluding carboxylic acids is 2.